The van der Waals surface area contributed by atoms with E-state index in [2.05, 4.69) is 10.2 Å². The number of carbonyl (C=O) groups is 1. The van der Waals surface area contributed by atoms with E-state index in [1.165, 1.54) is 19.4 Å². The maximum Gasteiger partial charge on any atom is 0.323 e. The minimum Gasteiger partial charge on any atom is -0.480 e. The zero-order valence-corrected chi connectivity index (χ0v) is 10.5. The van der Waals surface area contributed by atoms with Gasteiger partial charge in [0.25, 0.3) is 0 Å². The van der Waals surface area contributed by atoms with Gasteiger partial charge >= 0.3 is 5.97 Å². The van der Waals surface area contributed by atoms with Crippen molar-refractivity contribution in [1.29, 1.82) is 0 Å². The third kappa shape index (κ3) is 1.87. The molecule has 96 valence electrons. The molecule has 3 aliphatic rings. The minimum atomic E-state index is -0.691. The Morgan fingerprint density at radius 2 is 2.06 bits per heavy atom. The fourth-order valence-electron chi connectivity index (χ4n) is 3.65. The predicted molar refractivity (Wildman–Crippen MR) is 64.9 cm³/mol. The van der Waals surface area contributed by atoms with Gasteiger partial charge in [-0.1, -0.05) is 0 Å². The van der Waals surface area contributed by atoms with Crippen molar-refractivity contribution in [3.63, 3.8) is 0 Å². The molecule has 2 heterocycles. The summed E-state index contributed by atoms with van der Waals surface area (Å²) in [6.45, 7) is 4.23. The van der Waals surface area contributed by atoms with Crippen LogP contribution in [0.15, 0.2) is 0 Å². The van der Waals surface area contributed by atoms with Crippen molar-refractivity contribution in [2.45, 2.75) is 56.7 Å². The van der Waals surface area contributed by atoms with E-state index in [1.54, 1.807) is 0 Å². The number of carboxylic acids is 1. The zero-order valence-electron chi connectivity index (χ0n) is 10.5. The molecule has 1 saturated carbocycles. The lowest BCUT2D eigenvalue weighted by Gasteiger charge is -2.32. The summed E-state index contributed by atoms with van der Waals surface area (Å²) in [4.78, 5) is 14.0. The van der Waals surface area contributed by atoms with Gasteiger partial charge in [-0.15, -0.1) is 0 Å². The Balaban J connectivity index is 1.70. The van der Waals surface area contributed by atoms with Crippen molar-refractivity contribution >= 4 is 5.97 Å². The first kappa shape index (κ1) is 11.5. The standard InChI is InChI=1S/C13H22N2O2/c1-13(12(16)17,9-4-5-9)14-10-6-8-15-7-2-3-11(10)15/h9-11,14H,2-8H2,1H3,(H,16,17). The summed E-state index contributed by atoms with van der Waals surface area (Å²) >= 11 is 0. The second-order valence-corrected chi connectivity index (χ2v) is 6.07. The van der Waals surface area contributed by atoms with Gasteiger partial charge in [-0.25, -0.2) is 0 Å². The molecule has 0 aromatic rings. The third-order valence-corrected chi connectivity index (χ3v) is 4.93. The predicted octanol–water partition coefficient (Wildman–Crippen LogP) is 1.07. The van der Waals surface area contributed by atoms with Crippen LogP contribution in [0.1, 0.15) is 39.0 Å². The average molecular weight is 238 g/mol. The average Bonchev–Trinajstić information content (AvgIpc) is 2.93. The lowest BCUT2D eigenvalue weighted by atomic mass is 9.92. The van der Waals surface area contributed by atoms with Gasteiger partial charge in [-0.05, 0) is 51.5 Å². The van der Waals surface area contributed by atoms with Crippen LogP contribution in [0.3, 0.4) is 0 Å². The van der Waals surface area contributed by atoms with Crippen LogP contribution in [0, 0.1) is 5.92 Å². The highest BCUT2D eigenvalue weighted by Gasteiger charge is 2.50. The molecule has 3 atom stereocenters. The number of nitrogens with zero attached hydrogens (tertiary/aromatic N) is 1. The van der Waals surface area contributed by atoms with Crippen LogP contribution in [0.4, 0.5) is 0 Å². The highest BCUT2D eigenvalue weighted by Crippen LogP contribution is 2.41. The third-order valence-electron chi connectivity index (χ3n) is 4.93. The summed E-state index contributed by atoms with van der Waals surface area (Å²) in [5.41, 5.74) is -0.691. The molecule has 4 heteroatoms. The molecule has 3 unspecified atom stereocenters. The Morgan fingerprint density at radius 3 is 2.71 bits per heavy atom. The van der Waals surface area contributed by atoms with E-state index in [0.29, 0.717) is 18.0 Å². The van der Waals surface area contributed by atoms with E-state index in [9.17, 15) is 9.90 Å². The summed E-state index contributed by atoms with van der Waals surface area (Å²) in [6, 6.07) is 0.978. The molecule has 0 aromatic carbocycles. The van der Waals surface area contributed by atoms with Gasteiger partial charge < -0.3 is 5.11 Å². The van der Waals surface area contributed by atoms with Crippen LogP contribution < -0.4 is 5.32 Å². The van der Waals surface area contributed by atoms with E-state index >= 15 is 0 Å². The first-order valence-corrected chi connectivity index (χ1v) is 6.86. The maximum atomic E-state index is 11.5. The topological polar surface area (TPSA) is 52.6 Å². The van der Waals surface area contributed by atoms with Crippen molar-refractivity contribution < 1.29 is 9.90 Å². The number of aliphatic carboxylic acids is 1. The van der Waals surface area contributed by atoms with Crippen molar-refractivity contribution in [2.24, 2.45) is 5.92 Å². The molecule has 0 aromatic heterocycles. The monoisotopic (exact) mass is 238 g/mol. The van der Waals surface area contributed by atoms with Crippen molar-refractivity contribution in [1.82, 2.24) is 10.2 Å². The number of hydrogen-bond donors (Lipinski definition) is 2. The summed E-state index contributed by atoms with van der Waals surface area (Å²) < 4.78 is 0. The lowest BCUT2D eigenvalue weighted by Crippen LogP contribution is -2.57. The Bertz CT molecular complexity index is 329. The van der Waals surface area contributed by atoms with Crippen LogP contribution in [0.2, 0.25) is 0 Å². The SMILES string of the molecule is CC(NC1CCN2CCCC12)(C(=O)O)C1CC1. The van der Waals surface area contributed by atoms with E-state index < -0.39 is 11.5 Å². The molecule has 1 aliphatic carbocycles. The molecule has 0 amide bonds. The maximum absolute atomic E-state index is 11.5. The fraction of sp³-hybridized carbons (Fsp3) is 0.923. The van der Waals surface area contributed by atoms with Crippen molar-refractivity contribution in [2.75, 3.05) is 13.1 Å². The Labute approximate surface area is 102 Å². The molecule has 2 aliphatic heterocycles. The Morgan fingerprint density at radius 1 is 1.29 bits per heavy atom. The van der Waals surface area contributed by atoms with Gasteiger partial charge in [0.05, 0.1) is 0 Å². The van der Waals surface area contributed by atoms with Crippen LogP contribution >= 0.6 is 0 Å². The van der Waals surface area contributed by atoms with Crippen LogP contribution in [0.5, 0.6) is 0 Å². The van der Waals surface area contributed by atoms with Gasteiger partial charge in [0, 0.05) is 18.6 Å². The fourth-order valence-corrected chi connectivity index (χ4v) is 3.65. The minimum absolute atomic E-state index is 0.343. The van der Waals surface area contributed by atoms with Crippen LogP contribution in [-0.2, 0) is 4.79 Å². The number of fused-ring (bicyclic) bond motifs is 1. The number of nitrogens with one attached hydrogen (secondary N) is 1. The second-order valence-electron chi connectivity index (χ2n) is 6.07. The smallest absolute Gasteiger partial charge is 0.323 e. The molecule has 0 radical (unpaired) electrons. The molecule has 2 N–H and O–H groups in total. The molecule has 17 heavy (non-hydrogen) atoms. The van der Waals surface area contributed by atoms with Crippen molar-refractivity contribution in [3.05, 3.63) is 0 Å². The summed E-state index contributed by atoms with van der Waals surface area (Å²) in [6.07, 6.45) is 5.75. The highest BCUT2D eigenvalue weighted by molar-refractivity contribution is 5.79. The Kier molecular flexibility index (Phi) is 2.67. The number of rotatable bonds is 4. The summed E-state index contributed by atoms with van der Waals surface area (Å²) in [7, 11) is 0. The highest BCUT2D eigenvalue weighted by atomic mass is 16.4. The molecule has 0 spiro atoms. The lowest BCUT2D eigenvalue weighted by molar-refractivity contribution is -0.145. The largest absolute Gasteiger partial charge is 0.480 e. The molecule has 0 bridgehead atoms. The van der Waals surface area contributed by atoms with Gasteiger partial charge in [0.2, 0.25) is 0 Å². The van der Waals surface area contributed by atoms with E-state index in [0.717, 1.165) is 25.8 Å². The molecule has 2 saturated heterocycles. The van der Waals surface area contributed by atoms with Crippen LogP contribution in [-0.4, -0.2) is 46.7 Å². The zero-order chi connectivity index (χ0) is 12.0. The first-order chi connectivity index (χ1) is 8.11. The Hall–Kier alpha value is -0.610. The normalized spacial score (nSPS) is 36.8. The van der Waals surface area contributed by atoms with E-state index in [4.69, 9.17) is 0 Å². The number of carboxylic acid groups (broad SMARTS) is 1. The van der Waals surface area contributed by atoms with Gasteiger partial charge in [0.15, 0.2) is 0 Å². The molecular weight excluding hydrogens is 216 g/mol. The van der Waals surface area contributed by atoms with Gasteiger partial charge in [-0.2, -0.15) is 0 Å². The molecular formula is C13H22N2O2. The van der Waals surface area contributed by atoms with E-state index in [-0.39, 0.29) is 0 Å². The summed E-state index contributed by atoms with van der Waals surface area (Å²) in [5.74, 6) is -0.327. The first-order valence-electron chi connectivity index (χ1n) is 6.86. The van der Waals surface area contributed by atoms with E-state index in [1.807, 2.05) is 6.92 Å². The van der Waals surface area contributed by atoms with Gasteiger partial charge in [-0.3, -0.25) is 15.0 Å². The van der Waals surface area contributed by atoms with Gasteiger partial charge in [0.1, 0.15) is 5.54 Å². The summed E-state index contributed by atoms with van der Waals surface area (Å²) in [5, 5.41) is 13.0. The number of hydrogen-bond acceptors (Lipinski definition) is 3. The second kappa shape index (κ2) is 3.95. The molecule has 3 fully saturated rings. The quantitative estimate of drug-likeness (QED) is 0.769. The molecule has 4 nitrogen and oxygen atoms in total. The molecule has 3 rings (SSSR count). The van der Waals surface area contributed by atoms with Crippen LogP contribution in [0.25, 0.3) is 0 Å². The van der Waals surface area contributed by atoms with Crippen molar-refractivity contribution in [3.8, 4) is 0 Å².